The topological polar surface area (TPSA) is 41.1 Å². The van der Waals surface area contributed by atoms with Crippen LogP contribution in [0.25, 0.3) is 0 Å². The molecule has 0 aromatic heterocycles. The van der Waals surface area contributed by atoms with Gasteiger partial charge in [0.25, 0.3) is 0 Å². The second-order valence-corrected chi connectivity index (χ2v) is 4.67. The number of amides is 1. The van der Waals surface area contributed by atoms with Crippen LogP contribution in [0, 0.1) is 5.92 Å². The Hall–Kier alpha value is -0.830. The molecule has 0 heterocycles. The van der Waals surface area contributed by atoms with E-state index in [0.29, 0.717) is 6.54 Å². The van der Waals surface area contributed by atoms with Crippen LogP contribution in [0.5, 0.6) is 0 Å². The molecular formula is C13H24N2O. The van der Waals surface area contributed by atoms with E-state index < -0.39 is 0 Å². The molecular weight excluding hydrogens is 200 g/mol. The van der Waals surface area contributed by atoms with Crippen LogP contribution in [0.15, 0.2) is 12.7 Å². The highest BCUT2D eigenvalue weighted by atomic mass is 16.2. The molecule has 3 nitrogen and oxygen atoms in total. The van der Waals surface area contributed by atoms with Gasteiger partial charge in [0, 0.05) is 6.54 Å². The van der Waals surface area contributed by atoms with Crippen molar-refractivity contribution in [2.24, 2.45) is 5.92 Å². The van der Waals surface area contributed by atoms with Gasteiger partial charge in [-0.2, -0.15) is 0 Å². The van der Waals surface area contributed by atoms with E-state index in [1.54, 1.807) is 6.08 Å². The fourth-order valence-corrected chi connectivity index (χ4v) is 2.15. The molecule has 2 N–H and O–H groups in total. The van der Waals surface area contributed by atoms with E-state index in [1.807, 2.05) is 6.92 Å². The minimum absolute atomic E-state index is 0.0655. The summed E-state index contributed by atoms with van der Waals surface area (Å²) >= 11 is 0. The lowest BCUT2D eigenvalue weighted by atomic mass is 9.89. The van der Waals surface area contributed by atoms with E-state index in [4.69, 9.17) is 0 Å². The van der Waals surface area contributed by atoms with Gasteiger partial charge < -0.3 is 10.6 Å². The van der Waals surface area contributed by atoms with Crippen molar-refractivity contribution in [3.8, 4) is 0 Å². The molecule has 0 saturated heterocycles. The molecule has 1 atom stereocenters. The van der Waals surface area contributed by atoms with E-state index in [9.17, 15) is 4.79 Å². The third-order valence-corrected chi connectivity index (χ3v) is 3.25. The zero-order valence-electron chi connectivity index (χ0n) is 10.3. The standard InChI is InChI=1S/C13H24N2O/c1-3-9-14-13(16)11(2)15-10-12-7-5-4-6-8-12/h3,11-12,15H,1,4-10H2,2H3,(H,14,16). The highest BCUT2D eigenvalue weighted by Crippen LogP contribution is 2.22. The third-order valence-electron chi connectivity index (χ3n) is 3.25. The first-order chi connectivity index (χ1) is 7.74. The Kier molecular flexibility index (Phi) is 6.16. The SMILES string of the molecule is C=CCNC(=O)C(C)NCC1CCCCC1. The molecule has 1 amide bonds. The lowest BCUT2D eigenvalue weighted by Crippen LogP contribution is -2.44. The number of carbonyl (C=O) groups is 1. The van der Waals surface area contributed by atoms with Crippen LogP contribution in [-0.2, 0) is 4.79 Å². The summed E-state index contributed by atoms with van der Waals surface area (Å²) in [5.41, 5.74) is 0. The normalized spacial score (nSPS) is 19.1. The fraction of sp³-hybridized carbons (Fsp3) is 0.769. The molecule has 1 fully saturated rings. The maximum atomic E-state index is 11.6. The predicted molar refractivity (Wildman–Crippen MR) is 67.2 cm³/mol. The van der Waals surface area contributed by atoms with Crippen LogP contribution in [0.4, 0.5) is 0 Å². The Morgan fingerprint density at radius 1 is 1.44 bits per heavy atom. The maximum absolute atomic E-state index is 11.6. The quantitative estimate of drug-likeness (QED) is 0.676. The van der Waals surface area contributed by atoms with Crippen LogP contribution in [0.2, 0.25) is 0 Å². The number of hydrogen-bond donors (Lipinski definition) is 2. The van der Waals surface area contributed by atoms with Gasteiger partial charge in [0.1, 0.15) is 0 Å². The average molecular weight is 224 g/mol. The Balaban J connectivity index is 2.15. The summed E-state index contributed by atoms with van der Waals surface area (Å²) in [6.07, 6.45) is 8.41. The van der Waals surface area contributed by atoms with E-state index in [1.165, 1.54) is 32.1 Å². The van der Waals surface area contributed by atoms with Gasteiger partial charge in [0.05, 0.1) is 6.04 Å². The van der Waals surface area contributed by atoms with Gasteiger partial charge in [-0.05, 0) is 32.2 Å². The summed E-state index contributed by atoms with van der Waals surface area (Å²) < 4.78 is 0. The minimum Gasteiger partial charge on any atom is -0.351 e. The van der Waals surface area contributed by atoms with Crippen LogP contribution in [-0.4, -0.2) is 25.0 Å². The molecule has 1 saturated carbocycles. The predicted octanol–water partition coefficient (Wildman–Crippen LogP) is 1.85. The lowest BCUT2D eigenvalue weighted by Gasteiger charge is -2.23. The van der Waals surface area contributed by atoms with Crippen molar-refractivity contribution in [3.05, 3.63) is 12.7 Å². The number of nitrogens with one attached hydrogen (secondary N) is 2. The minimum atomic E-state index is -0.0955. The van der Waals surface area contributed by atoms with Gasteiger partial charge in [0.15, 0.2) is 0 Å². The highest BCUT2D eigenvalue weighted by Gasteiger charge is 2.16. The highest BCUT2D eigenvalue weighted by molar-refractivity contribution is 5.81. The molecule has 0 spiro atoms. The Labute approximate surface area is 98.7 Å². The molecule has 1 aliphatic carbocycles. The molecule has 16 heavy (non-hydrogen) atoms. The van der Waals surface area contributed by atoms with E-state index in [-0.39, 0.29) is 11.9 Å². The first-order valence-electron chi connectivity index (χ1n) is 6.36. The molecule has 1 rings (SSSR count). The van der Waals surface area contributed by atoms with Crippen molar-refractivity contribution in [2.75, 3.05) is 13.1 Å². The van der Waals surface area contributed by atoms with Gasteiger partial charge in [-0.15, -0.1) is 6.58 Å². The summed E-state index contributed by atoms with van der Waals surface area (Å²) in [6.45, 7) is 7.02. The van der Waals surface area contributed by atoms with Crippen LogP contribution in [0.3, 0.4) is 0 Å². The third kappa shape index (κ3) is 4.79. The van der Waals surface area contributed by atoms with Crippen molar-refractivity contribution in [1.82, 2.24) is 10.6 Å². The Morgan fingerprint density at radius 3 is 2.75 bits per heavy atom. The van der Waals surface area contributed by atoms with Crippen LogP contribution >= 0.6 is 0 Å². The van der Waals surface area contributed by atoms with Crippen molar-refractivity contribution >= 4 is 5.91 Å². The van der Waals surface area contributed by atoms with E-state index in [0.717, 1.165) is 12.5 Å². The van der Waals surface area contributed by atoms with Crippen molar-refractivity contribution in [3.63, 3.8) is 0 Å². The number of carbonyl (C=O) groups excluding carboxylic acids is 1. The second-order valence-electron chi connectivity index (χ2n) is 4.67. The number of rotatable bonds is 6. The van der Waals surface area contributed by atoms with Gasteiger partial charge >= 0.3 is 0 Å². The molecule has 0 aromatic rings. The molecule has 0 bridgehead atoms. The largest absolute Gasteiger partial charge is 0.351 e. The number of hydrogen-bond acceptors (Lipinski definition) is 2. The molecule has 92 valence electrons. The van der Waals surface area contributed by atoms with Crippen LogP contribution < -0.4 is 10.6 Å². The molecule has 0 aliphatic heterocycles. The summed E-state index contributed by atoms with van der Waals surface area (Å²) in [4.78, 5) is 11.6. The van der Waals surface area contributed by atoms with Gasteiger partial charge in [0.2, 0.25) is 5.91 Å². The van der Waals surface area contributed by atoms with Crippen molar-refractivity contribution < 1.29 is 4.79 Å². The molecule has 3 heteroatoms. The summed E-state index contributed by atoms with van der Waals surface area (Å²) in [5, 5.41) is 6.11. The van der Waals surface area contributed by atoms with Gasteiger partial charge in [-0.1, -0.05) is 25.3 Å². The first kappa shape index (κ1) is 13.2. The maximum Gasteiger partial charge on any atom is 0.237 e. The zero-order valence-corrected chi connectivity index (χ0v) is 10.3. The molecule has 0 radical (unpaired) electrons. The van der Waals surface area contributed by atoms with Crippen molar-refractivity contribution in [1.29, 1.82) is 0 Å². The Morgan fingerprint density at radius 2 is 2.12 bits per heavy atom. The van der Waals surface area contributed by atoms with Gasteiger partial charge in [-0.3, -0.25) is 4.79 Å². The first-order valence-corrected chi connectivity index (χ1v) is 6.36. The monoisotopic (exact) mass is 224 g/mol. The summed E-state index contributed by atoms with van der Waals surface area (Å²) in [7, 11) is 0. The molecule has 1 aliphatic rings. The molecule has 0 aromatic carbocycles. The van der Waals surface area contributed by atoms with Crippen molar-refractivity contribution in [2.45, 2.75) is 45.1 Å². The zero-order chi connectivity index (χ0) is 11.8. The fourth-order valence-electron chi connectivity index (χ4n) is 2.15. The smallest absolute Gasteiger partial charge is 0.237 e. The van der Waals surface area contributed by atoms with Gasteiger partial charge in [-0.25, -0.2) is 0 Å². The second kappa shape index (κ2) is 7.44. The summed E-state index contributed by atoms with van der Waals surface area (Å²) in [5.74, 6) is 0.833. The Bertz CT molecular complexity index is 222. The van der Waals surface area contributed by atoms with E-state index >= 15 is 0 Å². The lowest BCUT2D eigenvalue weighted by molar-refractivity contribution is -0.122. The van der Waals surface area contributed by atoms with E-state index in [2.05, 4.69) is 17.2 Å². The molecule has 1 unspecified atom stereocenters. The average Bonchev–Trinajstić information content (AvgIpc) is 2.34. The van der Waals surface area contributed by atoms with Crippen LogP contribution in [0.1, 0.15) is 39.0 Å². The summed E-state index contributed by atoms with van der Waals surface area (Å²) in [6, 6.07) is -0.0955.